The standard InChI is InChI=1S/C15H21BF3N/c16-12-5-1-2-6-13(9-8-12)20-14-7-3-4-11(10-14)15(17,18)19/h3-4,7,10,12-13,20H,1-2,5-6,8-9,16H2. The second kappa shape index (κ2) is 6.55. The normalized spacial score (nSPS) is 24.8. The van der Waals surface area contributed by atoms with Crippen LogP contribution in [0.25, 0.3) is 0 Å². The van der Waals surface area contributed by atoms with Gasteiger partial charge in [-0.25, -0.2) is 0 Å². The van der Waals surface area contributed by atoms with Crippen molar-refractivity contribution in [3.63, 3.8) is 0 Å². The van der Waals surface area contributed by atoms with E-state index in [1.165, 1.54) is 25.0 Å². The van der Waals surface area contributed by atoms with Crippen LogP contribution in [0, 0.1) is 0 Å². The predicted molar refractivity (Wildman–Crippen MR) is 78.9 cm³/mol. The van der Waals surface area contributed by atoms with Crippen LogP contribution in [0.1, 0.15) is 44.1 Å². The topological polar surface area (TPSA) is 12.0 Å². The molecule has 2 rings (SSSR count). The maximum atomic E-state index is 12.7. The number of hydrogen-bond donors (Lipinski definition) is 1. The monoisotopic (exact) mass is 283 g/mol. The summed E-state index contributed by atoms with van der Waals surface area (Å²) in [5, 5.41) is 3.28. The quantitative estimate of drug-likeness (QED) is 0.799. The highest BCUT2D eigenvalue weighted by molar-refractivity contribution is 6.11. The Morgan fingerprint density at radius 3 is 2.55 bits per heavy atom. The van der Waals surface area contributed by atoms with Gasteiger partial charge in [-0.3, -0.25) is 0 Å². The van der Waals surface area contributed by atoms with Gasteiger partial charge in [0.2, 0.25) is 0 Å². The summed E-state index contributed by atoms with van der Waals surface area (Å²) in [6.07, 6.45) is 2.61. The van der Waals surface area contributed by atoms with E-state index < -0.39 is 11.7 Å². The molecule has 5 heteroatoms. The molecule has 0 amide bonds. The Balaban J connectivity index is 2.01. The Morgan fingerprint density at radius 2 is 1.80 bits per heavy atom. The summed E-state index contributed by atoms with van der Waals surface area (Å²) in [5.41, 5.74) is -0.000219. The number of anilines is 1. The van der Waals surface area contributed by atoms with E-state index in [1.54, 1.807) is 6.07 Å². The van der Waals surface area contributed by atoms with Crippen molar-refractivity contribution in [2.24, 2.45) is 0 Å². The van der Waals surface area contributed by atoms with Crippen molar-refractivity contribution >= 4 is 13.5 Å². The zero-order chi connectivity index (χ0) is 14.6. The molecular formula is C15H21BF3N. The van der Waals surface area contributed by atoms with Crippen LogP contribution in [0.2, 0.25) is 5.82 Å². The Hall–Kier alpha value is -1.13. The van der Waals surface area contributed by atoms with E-state index in [2.05, 4.69) is 13.2 Å². The van der Waals surface area contributed by atoms with Crippen molar-refractivity contribution in [1.82, 2.24) is 0 Å². The third-order valence-corrected chi connectivity index (χ3v) is 4.07. The molecule has 0 aliphatic heterocycles. The maximum Gasteiger partial charge on any atom is 0.416 e. The van der Waals surface area contributed by atoms with Crippen molar-refractivity contribution in [2.75, 3.05) is 5.32 Å². The lowest BCUT2D eigenvalue weighted by atomic mass is 9.76. The van der Waals surface area contributed by atoms with Gasteiger partial charge in [-0.2, -0.15) is 13.2 Å². The molecule has 0 saturated heterocycles. The SMILES string of the molecule is BC1CCCCC(Nc2cccc(C(F)(F)F)c2)CC1. The minimum absolute atomic E-state index is 0.293. The number of alkyl halides is 3. The molecule has 1 aliphatic rings. The van der Waals surface area contributed by atoms with Gasteiger partial charge in [-0.1, -0.05) is 37.6 Å². The molecule has 0 bridgehead atoms. The molecule has 2 atom stereocenters. The molecule has 1 aliphatic carbocycles. The first-order chi connectivity index (χ1) is 9.45. The molecule has 0 radical (unpaired) electrons. The highest BCUT2D eigenvalue weighted by atomic mass is 19.4. The van der Waals surface area contributed by atoms with Gasteiger partial charge < -0.3 is 5.32 Å². The summed E-state index contributed by atoms with van der Waals surface area (Å²) in [5.74, 6) is 0.723. The minimum atomic E-state index is -4.27. The van der Waals surface area contributed by atoms with Gasteiger partial charge in [0.05, 0.1) is 5.56 Å². The van der Waals surface area contributed by atoms with Crippen LogP contribution in [-0.4, -0.2) is 13.9 Å². The lowest BCUT2D eigenvalue weighted by Gasteiger charge is -2.25. The second-order valence-corrected chi connectivity index (χ2v) is 5.89. The highest BCUT2D eigenvalue weighted by Gasteiger charge is 2.30. The maximum absolute atomic E-state index is 12.7. The van der Waals surface area contributed by atoms with Gasteiger partial charge in [0.1, 0.15) is 7.85 Å². The minimum Gasteiger partial charge on any atom is -0.382 e. The molecule has 1 fully saturated rings. The van der Waals surface area contributed by atoms with Crippen molar-refractivity contribution in [2.45, 2.75) is 56.6 Å². The number of hydrogen-bond acceptors (Lipinski definition) is 1. The van der Waals surface area contributed by atoms with Gasteiger partial charge in [0.25, 0.3) is 0 Å². The summed E-state index contributed by atoms with van der Waals surface area (Å²) >= 11 is 0. The van der Waals surface area contributed by atoms with Crippen LogP contribution in [0.4, 0.5) is 18.9 Å². The molecule has 0 heterocycles. The van der Waals surface area contributed by atoms with E-state index in [-0.39, 0.29) is 0 Å². The van der Waals surface area contributed by atoms with Gasteiger partial charge in [0, 0.05) is 11.7 Å². The van der Waals surface area contributed by atoms with Gasteiger partial charge in [0.15, 0.2) is 0 Å². The first-order valence-electron chi connectivity index (χ1n) is 7.39. The fourth-order valence-electron chi connectivity index (χ4n) is 2.82. The molecular weight excluding hydrogens is 262 g/mol. The van der Waals surface area contributed by atoms with E-state index in [1.807, 2.05) is 0 Å². The van der Waals surface area contributed by atoms with Crippen LogP contribution in [0.5, 0.6) is 0 Å². The van der Waals surface area contributed by atoms with Crippen molar-refractivity contribution in [3.05, 3.63) is 29.8 Å². The fourth-order valence-corrected chi connectivity index (χ4v) is 2.82. The van der Waals surface area contributed by atoms with E-state index in [0.717, 1.165) is 37.6 Å². The zero-order valence-corrected chi connectivity index (χ0v) is 11.8. The van der Waals surface area contributed by atoms with Crippen molar-refractivity contribution in [3.8, 4) is 0 Å². The average Bonchev–Trinajstić information content (AvgIpc) is 2.37. The average molecular weight is 283 g/mol. The highest BCUT2D eigenvalue weighted by Crippen LogP contribution is 2.31. The largest absolute Gasteiger partial charge is 0.416 e. The summed E-state index contributed by atoms with van der Waals surface area (Å²) in [7, 11) is 2.26. The summed E-state index contributed by atoms with van der Waals surface area (Å²) in [6.45, 7) is 0. The molecule has 1 N–H and O–H groups in total. The van der Waals surface area contributed by atoms with Crippen molar-refractivity contribution < 1.29 is 13.2 Å². The molecule has 1 aromatic rings. The second-order valence-electron chi connectivity index (χ2n) is 5.89. The molecule has 1 saturated carbocycles. The molecule has 2 unspecified atom stereocenters. The Bertz CT molecular complexity index is 433. The molecule has 20 heavy (non-hydrogen) atoms. The first kappa shape index (κ1) is 15.3. The Kier molecular flexibility index (Phi) is 5.00. The third kappa shape index (κ3) is 4.46. The number of benzene rings is 1. The van der Waals surface area contributed by atoms with E-state index >= 15 is 0 Å². The van der Waals surface area contributed by atoms with E-state index in [0.29, 0.717) is 11.7 Å². The molecule has 1 aromatic carbocycles. The Labute approximate surface area is 119 Å². The molecule has 0 aromatic heterocycles. The van der Waals surface area contributed by atoms with E-state index in [9.17, 15) is 13.2 Å². The third-order valence-electron chi connectivity index (χ3n) is 4.07. The van der Waals surface area contributed by atoms with E-state index in [4.69, 9.17) is 0 Å². The lowest BCUT2D eigenvalue weighted by molar-refractivity contribution is -0.137. The van der Waals surface area contributed by atoms with Gasteiger partial charge in [-0.05, 0) is 31.0 Å². The van der Waals surface area contributed by atoms with Gasteiger partial charge in [-0.15, -0.1) is 0 Å². The van der Waals surface area contributed by atoms with Crippen LogP contribution in [-0.2, 0) is 6.18 Å². The van der Waals surface area contributed by atoms with Gasteiger partial charge >= 0.3 is 6.18 Å². The lowest BCUT2D eigenvalue weighted by Crippen LogP contribution is -2.22. The summed E-state index contributed by atoms with van der Waals surface area (Å²) < 4.78 is 38.1. The fraction of sp³-hybridized carbons (Fsp3) is 0.600. The first-order valence-corrected chi connectivity index (χ1v) is 7.39. The Morgan fingerprint density at radius 1 is 1.05 bits per heavy atom. The summed E-state index contributed by atoms with van der Waals surface area (Å²) in [4.78, 5) is 0. The zero-order valence-electron chi connectivity index (χ0n) is 11.8. The summed E-state index contributed by atoms with van der Waals surface area (Å²) in [6, 6.07) is 5.81. The smallest absolute Gasteiger partial charge is 0.382 e. The van der Waals surface area contributed by atoms with Crippen LogP contribution >= 0.6 is 0 Å². The molecule has 110 valence electrons. The number of nitrogens with one attached hydrogen (secondary N) is 1. The van der Waals surface area contributed by atoms with Crippen LogP contribution < -0.4 is 5.32 Å². The number of rotatable bonds is 2. The van der Waals surface area contributed by atoms with Crippen LogP contribution in [0.3, 0.4) is 0 Å². The number of halogens is 3. The predicted octanol–water partition coefficient (Wildman–Crippen LogP) is 4.26. The molecule has 0 spiro atoms. The molecule has 1 nitrogen and oxygen atoms in total. The van der Waals surface area contributed by atoms with Crippen molar-refractivity contribution in [1.29, 1.82) is 0 Å². The van der Waals surface area contributed by atoms with Crippen LogP contribution in [0.15, 0.2) is 24.3 Å².